The van der Waals surface area contributed by atoms with E-state index in [-0.39, 0.29) is 124 Å². The molecule has 0 aliphatic rings. The molecule has 9 heteroatoms. The fourth-order valence-electron chi connectivity index (χ4n) is 0. The van der Waals surface area contributed by atoms with Crippen LogP contribution < -0.4 is 74.4 Å². The van der Waals surface area contributed by atoms with E-state index in [1.165, 1.54) is 0 Å². The zero-order valence-electron chi connectivity index (χ0n) is 5.56. The van der Waals surface area contributed by atoms with Crippen LogP contribution in [0.15, 0.2) is 0 Å². The van der Waals surface area contributed by atoms with Crippen LogP contribution in [0.2, 0.25) is 0 Å². The van der Waals surface area contributed by atoms with Crippen LogP contribution in [0.25, 0.3) is 0 Å². The van der Waals surface area contributed by atoms with E-state index in [1.807, 2.05) is 6.92 Å². The van der Waals surface area contributed by atoms with Crippen molar-refractivity contribution < 1.29 is 101 Å². The first-order valence-electron chi connectivity index (χ1n) is 0.974. The topological polar surface area (TPSA) is 0 Å². The summed E-state index contributed by atoms with van der Waals surface area (Å²) in [4.78, 5) is 0. The van der Waals surface area contributed by atoms with Crippen molar-refractivity contribution in [3.8, 4) is 0 Å². The first kappa shape index (κ1) is 85.2. The van der Waals surface area contributed by atoms with Gasteiger partial charge in [-0.1, -0.05) is 6.92 Å². The largest absolute Gasteiger partial charge is 4.00 e. The zero-order chi connectivity index (χ0) is 2.71. The third-order valence-corrected chi connectivity index (χ3v) is 0. The summed E-state index contributed by atoms with van der Waals surface area (Å²) in [6.07, 6.45) is 0. The number of halogens is 7. The molecule has 0 atom stereocenters. The van der Waals surface area contributed by atoms with E-state index in [4.69, 9.17) is 11.6 Å². The molecule has 0 saturated carbocycles. The molecule has 0 amide bonds. The van der Waals surface area contributed by atoms with E-state index < -0.39 is 0 Å². The molecule has 0 aromatic carbocycles. The van der Waals surface area contributed by atoms with Gasteiger partial charge < -0.3 is 74.4 Å². The van der Waals surface area contributed by atoms with Crippen LogP contribution in [0.3, 0.4) is 0 Å². The van der Waals surface area contributed by atoms with Crippen molar-refractivity contribution in [1.82, 2.24) is 0 Å². The molecule has 0 heterocycles. The molecule has 0 radical (unpaired) electrons. The van der Waals surface area contributed by atoms with Crippen LogP contribution in [0.4, 0.5) is 0 Å². The average molecular weight is 393 g/mol. The van der Waals surface area contributed by atoms with Gasteiger partial charge in [-0.2, -0.15) is 0 Å². The molecule has 0 rings (SSSR count). The van der Waals surface area contributed by atoms with Crippen molar-refractivity contribution in [2.24, 2.45) is 0 Å². The van der Waals surface area contributed by atoms with E-state index >= 15 is 0 Å². The van der Waals surface area contributed by atoms with Gasteiger partial charge in [0, 0.05) is 5.88 Å². The monoisotopic (exact) mass is 388 g/mol. The number of hydrogen-bond acceptors (Lipinski definition) is 0. The van der Waals surface area contributed by atoms with Gasteiger partial charge in [0.15, 0.2) is 0 Å². The first-order chi connectivity index (χ1) is 1.41. The van der Waals surface area contributed by atoms with E-state index in [0.29, 0.717) is 0 Å². The molecule has 68 valence electrons. The second kappa shape index (κ2) is 100. The van der Waals surface area contributed by atoms with Crippen molar-refractivity contribution in [2.75, 3.05) is 5.88 Å². The second-order valence-corrected chi connectivity index (χ2v) is 0.802. The van der Waals surface area contributed by atoms with Gasteiger partial charge in [0.1, 0.15) is 0 Å². The molecule has 0 N–H and O–H groups in total. The molecule has 0 unspecified atom stereocenters. The number of hydrogen-bond donors (Lipinski definition) is 0. The Balaban J connectivity index is -0.000000000714. The van der Waals surface area contributed by atoms with Crippen LogP contribution in [-0.2, 0) is 26.2 Å². The molecule has 11 heavy (non-hydrogen) atoms. The van der Waals surface area contributed by atoms with Gasteiger partial charge in [-0.05, 0) is 0 Å². The summed E-state index contributed by atoms with van der Waals surface area (Å²) >= 11 is 5.00. The number of alkyl halides is 1. The smallest absolute Gasteiger partial charge is 1.00 e. The zero-order valence-corrected chi connectivity index (χ0v) is 14.7. The van der Waals surface area contributed by atoms with Crippen molar-refractivity contribution in [2.45, 2.75) is 6.92 Å². The van der Waals surface area contributed by atoms with Crippen LogP contribution in [0, 0.1) is 0 Å². The maximum absolute atomic E-state index is 5.00. The summed E-state index contributed by atoms with van der Waals surface area (Å²) < 4.78 is 0. The Labute approximate surface area is 146 Å². The average Bonchev–Trinajstić information content (AvgIpc) is 0.918. The normalized spacial score (nSPS) is 1.64. The van der Waals surface area contributed by atoms with Crippen molar-refractivity contribution in [1.29, 1.82) is 0 Å². The maximum atomic E-state index is 5.00. The molecule has 0 aliphatic heterocycles. The van der Waals surface area contributed by atoms with Gasteiger partial charge in [-0.3, -0.25) is 0 Å². The minimum Gasteiger partial charge on any atom is -1.00 e. The predicted molar refractivity (Wildman–Crippen MR) is 22.1 cm³/mol. The summed E-state index contributed by atoms with van der Waals surface area (Å²) in [6, 6.07) is 0. The second-order valence-electron chi connectivity index (χ2n) is 0.267. The number of rotatable bonds is 0. The van der Waals surface area contributed by atoms with Gasteiger partial charge in [0.25, 0.3) is 0 Å². The van der Waals surface area contributed by atoms with E-state index in [1.54, 1.807) is 0 Å². The van der Waals surface area contributed by atoms with Gasteiger partial charge in [-0.15, -0.1) is 11.6 Å². The quantitative estimate of drug-likeness (QED) is 0.284. The summed E-state index contributed by atoms with van der Waals surface area (Å²) in [7, 11) is 0. The fraction of sp³-hybridized carbons (Fsp3) is 1.00. The molecule has 0 saturated heterocycles. The summed E-state index contributed by atoms with van der Waals surface area (Å²) in [5.41, 5.74) is 0. The Kier molecular flexibility index (Phi) is 778. The van der Waals surface area contributed by atoms with E-state index in [2.05, 4.69) is 0 Å². The van der Waals surface area contributed by atoms with Crippen LogP contribution in [0.1, 0.15) is 6.92 Å². The van der Waals surface area contributed by atoms with Crippen molar-refractivity contribution in [3.05, 3.63) is 0 Å². The third-order valence-electron chi connectivity index (χ3n) is 0. The summed E-state index contributed by atoms with van der Waals surface area (Å²) in [5.74, 6) is 0.722. The molecule has 0 aliphatic carbocycles. The molecular weight excluding hydrogens is 388 g/mol. The Morgan fingerprint density at radius 1 is 0.818 bits per heavy atom. The predicted octanol–water partition coefficient (Wildman–Crippen LogP) is -17.1. The molecule has 0 spiro atoms. The molecule has 0 aromatic heterocycles. The third kappa shape index (κ3) is 138. The van der Waals surface area contributed by atoms with Gasteiger partial charge >= 0.3 is 49.3 Å². The van der Waals surface area contributed by atoms with Crippen molar-refractivity contribution >= 4 is 34.7 Å². The maximum Gasteiger partial charge on any atom is 4.00 e. The minimum absolute atomic E-state index is 0. The SMILES string of the molecule is CCCl.[Cl-].[Cl-].[Cl-].[Cl-].[Cl-].[Cl-].[Mg+2].[Zr+4]. The Morgan fingerprint density at radius 3 is 0.818 bits per heavy atom. The molecular formula is C2H5Cl7MgZr. The molecule has 0 fully saturated rings. The van der Waals surface area contributed by atoms with E-state index in [0.717, 1.165) is 5.88 Å². The van der Waals surface area contributed by atoms with Crippen LogP contribution in [0.5, 0.6) is 0 Å². The van der Waals surface area contributed by atoms with Gasteiger partial charge in [0.05, 0.1) is 0 Å². The van der Waals surface area contributed by atoms with Crippen molar-refractivity contribution in [3.63, 3.8) is 0 Å². The Morgan fingerprint density at radius 2 is 0.818 bits per heavy atom. The molecule has 0 bridgehead atoms. The molecule has 0 aromatic rings. The fourth-order valence-corrected chi connectivity index (χ4v) is 0. The standard InChI is InChI=1S/C2H5Cl.6ClH.Mg.Zr/c1-2-3;;;;;;;;/h2H2,1H3;6*1H;;/q;;;;;;;+2;+4/p-6. The van der Waals surface area contributed by atoms with E-state index in [9.17, 15) is 0 Å². The Hall–Kier alpha value is 3.68. The Bertz CT molecular complexity index is 16.4. The van der Waals surface area contributed by atoms with Gasteiger partial charge in [-0.25, -0.2) is 0 Å². The first-order valence-corrected chi connectivity index (χ1v) is 1.51. The van der Waals surface area contributed by atoms with Crippen LogP contribution in [-0.4, -0.2) is 28.9 Å². The minimum atomic E-state index is 0. The van der Waals surface area contributed by atoms with Crippen LogP contribution >= 0.6 is 11.6 Å². The summed E-state index contributed by atoms with van der Waals surface area (Å²) in [5, 5.41) is 0. The summed E-state index contributed by atoms with van der Waals surface area (Å²) in [6.45, 7) is 1.89. The van der Waals surface area contributed by atoms with Gasteiger partial charge in [0.2, 0.25) is 0 Å². The molecule has 0 nitrogen and oxygen atoms in total.